The van der Waals surface area contributed by atoms with E-state index in [0.717, 1.165) is 11.1 Å². The zero-order chi connectivity index (χ0) is 14.8. The van der Waals surface area contributed by atoms with E-state index in [2.05, 4.69) is 10.3 Å². The van der Waals surface area contributed by atoms with Crippen molar-refractivity contribution >= 4 is 16.8 Å². The first kappa shape index (κ1) is 13.4. The summed E-state index contributed by atoms with van der Waals surface area (Å²) >= 11 is 0. The number of fused-ring (bicyclic) bond motifs is 1. The zero-order valence-corrected chi connectivity index (χ0v) is 11.6. The number of aromatic nitrogens is 3. The van der Waals surface area contributed by atoms with Crippen LogP contribution in [-0.4, -0.2) is 20.8 Å². The Bertz CT molecular complexity index is 793. The van der Waals surface area contributed by atoms with Crippen LogP contribution in [0.1, 0.15) is 29.3 Å². The molecule has 1 aromatic heterocycles. The highest BCUT2D eigenvalue weighted by atomic mass is 19.1. The molecule has 21 heavy (non-hydrogen) atoms. The van der Waals surface area contributed by atoms with Crippen molar-refractivity contribution in [2.24, 2.45) is 0 Å². The zero-order valence-electron chi connectivity index (χ0n) is 11.6. The third-order valence-electron chi connectivity index (χ3n) is 3.41. The predicted molar refractivity (Wildman–Crippen MR) is 77.7 cm³/mol. The number of Topliss-reactive ketones (excluding diaryl/α,β-unsaturated/α-hetero) is 1. The Balaban J connectivity index is 1.86. The molecule has 5 heteroatoms. The first-order valence-electron chi connectivity index (χ1n) is 6.78. The molecular formula is C16H14FN3O. The minimum absolute atomic E-state index is 0.128. The van der Waals surface area contributed by atoms with Crippen LogP contribution in [0.3, 0.4) is 0 Å². The van der Waals surface area contributed by atoms with Gasteiger partial charge >= 0.3 is 0 Å². The molecule has 0 amide bonds. The van der Waals surface area contributed by atoms with E-state index < -0.39 is 0 Å². The van der Waals surface area contributed by atoms with Gasteiger partial charge in [0.25, 0.3) is 0 Å². The van der Waals surface area contributed by atoms with Crippen LogP contribution < -0.4 is 0 Å². The second-order valence-electron chi connectivity index (χ2n) is 4.85. The Hall–Kier alpha value is -2.56. The number of carbonyl (C=O) groups excluding carboxylic acids is 1. The highest BCUT2D eigenvalue weighted by Crippen LogP contribution is 2.15. The van der Waals surface area contributed by atoms with Crippen LogP contribution in [0.2, 0.25) is 0 Å². The largest absolute Gasteiger partial charge is 0.294 e. The molecule has 0 radical (unpaired) electrons. The Labute approximate surface area is 121 Å². The van der Waals surface area contributed by atoms with Gasteiger partial charge in [-0.3, -0.25) is 4.79 Å². The maximum absolute atomic E-state index is 13.1. The number of carbonyl (C=O) groups is 1. The molecule has 4 nitrogen and oxygen atoms in total. The normalized spacial score (nSPS) is 11.0. The van der Waals surface area contributed by atoms with Crippen molar-refractivity contribution in [1.82, 2.24) is 15.0 Å². The predicted octanol–water partition coefficient (Wildman–Crippen LogP) is 3.21. The van der Waals surface area contributed by atoms with E-state index in [1.54, 1.807) is 10.7 Å². The maximum Gasteiger partial charge on any atom is 0.162 e. The molecule has 0 spiro atoms. The second-order valence-corrected chi connectivity index (χ2v) is 4.85. The Morgan fingerprint density at radius 1 is 1.19 bits per heavy atom. The maximum atomic E-state index is 13.1. The smallest absolute Gasteiger partial charge is 0.162 e. The van der Waals surface area contributed by atoms with Crippen molar-refractivity contribution in [3.8, 4) is 0 Å². The van der Waals surface area contributed by atoms with Gasteiger partial charge in [-0.1, -0.05) is 36.4 Å². The van der Waals surface area contributed by atoms with Crippen molar-refractivity contribution in [2.75, 3.05) is 0 Å². The summed E-state index contributed by atoms with van der Waals surface area (Å²) in [5.41, 5.74) is 3.04. The molecule has 0 bridgehead atoms. The van der Waals surface area contributed by atoms with Crippen molar-refractivity contribution in [3.05, 3.63) is 59.4 Å². The summed E-state index contributed by atoms with van der Waals surface area (Å²) < 4.78 is 14.8. The quantitative estimate of drug-likeness (QED) is 0.691. The number of halogens is 1. The first-order valence-corrected chi connectivity index (χ1v) is 6.78. The number of ketones is 1. The first-order chi connectivity index (χ1) is 10.2. The SMILES string of the molecule is CCC(=O)c1ccc(Cn2nnc3cc(F)ccc32)cc1. The van der Waals surface area contributed by atoms with Gasteiger partial charge in [-0.05, 0) is 17.7 Å². The monoisotopic (exact) mass is 283 g/mol. The molecule has 3 aromatic rings. The number of hydrogen-bond donors (Lipinski definition) is 0. The molecule has 0 atom stereocenters. The van der Waals surface area contributed by atoms with E-state index >= 15 is 0 Å². The van der Waals surface area contributed by atoms with Gasteiger partial charge in [-0.15, -0.1) is 5.10 Å². The number of nitrogens with zero attached hydrogens (tertiary/aromatic N) is 3. The summed E-state index contributed by atoms with van der Waals surface area (Å²) in [7, 11) is 0. The van der Waals surface area contributed by atoms with Crippen LogP contribution in [0.25, 0.3) is 11.0 Å². The van der Waals surface area contributed by atoms with Gasteiger partial charge in [0.2, 0.25) is 0 Å². The lowest BCUT2D eigenvalue weighted by Crippen LogP contribution is -2.03. The van der Waals surface area contributed by atoms with Gasteiger partial charge in [0.05, 0.1) is 12.1 Å². The molecular weight excluding hydrogens is 269 g/mol. The highest BCUT2D eigenvalue weighted by molar-refractivity contribution is 5.95. The van der Waals surface area contributed by atoms with E-state index in [-0.39, 0.29) is 11.6 Å². The highest BCUT2D eigenvalue weighted by Gasteiger charge is 2.07. The standard InChI is InChI=1S/C16H14FN3O/c1-2-16(21)12-5-3-11(4-6-12)10-20-15-8-7-13(17)9-14(15)18-19-20/h3-9H,2,10H2,1H3. The minimum atomic E-state index is -0.322. The van der Waals surface area contributed by atoms with Crippen LogP contribution in [-0.2, 0) is 6.54 Å². The Kier molecular flexibility index (Phi) is 3.48. The van der Waals surface area contributed by atoms with Crippen LogP contribution in [0.5, 0.6) is 0 Å². The summed E-state index contributed by atoms with van der Waals surface area (Å²) in [5.74, 6) is -0.194. The van der Waals surface area contributed by atoms with Crippen LogP contribution in [0.15, 0.2) is 42.5 Å². The van der Waals surface area contributed by atoms with Crippen LogP contribution in [0, 0.1) is 5.82 Å². The lowest BCUT2D eigenvalue weighted by atomic mass is 10.1. The molecule has 0 fully saturated rings. The van der Waals surface area contributed by atoms with Gasteiger partial charge in [-0.25, -0.2) is 9.07 Å². The third kappa shape index (κ3) is 2.67. The Morgan fingerprint density at radius 3 is 2.67 bits per heavy atom. The average Bonchev–Trinajstić information content (AvgIpc) is 2.89. The molecule has 0 aliphatic heterocycles. The van der Waals surface area contributed by atoms with Gasteiger partial charge < -0.3 is 0 Å². The third-order valence-corrected chi connectivity index (χ3v) is 3.41. The Morgan fingerprint density at radius 2 is 1.95 bits per heavy atom. The summed E-state index contributed by atoms with van der Waals surface area (Å²) in [6.45, 7) is 2.37. The molecule has 3 rings (SSSR count). The van der Waals surface area contributed by atoms with Crippen molar-refractivity contribution in [2.45, 2.75) is 19.9 Å². The van der Waals surface area contributed by atoms with E-state index in [9.17, 15) is 9.18 Å². The number of rotatable bonds is 4. The number of benzene rings is 2. The fourth-order valence-electron chi connectivity index (χ4n) is 2.24. The fourth-order valence-corrected chi connectivity index (χ4v) is 2.24. The summed E-state index contributed by atoms with van der Waals surface area (Å²) in [4.78, 5) is 11.6. The molecule has 0 aliphatic carbocycles. The summed E-state index contributed by atoms with van der Waals surface area (Å²) in [6.07, 6.45) is 0.499. The lowest BCUT2D eigenvalue weighted by Gasteiger charge is -2.04. The number of hydrogen-bond acceptors (Lipinski definition) is 3. The van der Waals surface area contributed by atoms with Gasteiger partial charge in [0, 0.05) is 18.1 Å². The molecule has 2 aromatic carbocycles. The molecule has 0 N–H and O–H groups in total. The van der Waals surface area contributed by atoms with Gasteiger partial charge in [-0.2, -0.15) is 0 Å². The average molecular weight is 283 g/mol. The van der Waals surface area contributed by atoms with E-state index in [1.165, 1.54) is 12.1 Å². The molecule has 1 heterocycles. The molecule has 0 saturated carbocycles. The van der Waals surface area contributed by atoms with E-state index in [4.69, 9.17) is 0 Å². The van der Waals surface area contributed by atoms with Crippen LogP contribution >= 0.6 is 0 Å². The second kappa shape index (κ2) is 5.44. The molecule has 0 saturated heterocycles. The molecule has 106 valence electrons. The summed E-state index contributed by atoms with van der Waals surface area (Å²) in [6, 6.07) is 11.9. The van der Waals surface area contributed by atoms with Gasteiger partial charge in [0.1, 0.15) is 11.3 Å². The van der Waals surface area contributed by atoms with Crippen molar-refractivity contribution in [3.63, 3.8) is 0 Å². The van der Waals surface area contributed by atoms with Crippen molar-refractivity contribution < 1.29 is 9.18 Å². The van der Waals surface area contributed by atoms with Crippen molar-refractivity contribution in [1.29, 1.82) is 0 Å². The molecule has 0 unspecified atom stereocenters. The summed E-state index contributed by atoms with van der Waals surface area (Å²) in [5, 5.41) is 7.99. The van der Waals surface area contributed by atoms with E-state index in [1.807, 2.05) is 31.2 Å². The minimum Gasteiger partial charge on any atom is -0.294 e. The molecule has 0 aliphatic rings. The van der Waals surface area contributed by atoms with Gasteiger partial charge in [0.15, 0.2) is 5.78 Å². The lowest BCUT2D eigenvalue weighted by molar-refractivity contribution is 0.0988. The van der Waals surface area contributed by atoms with E-state index in [0.29, 0.717) is 24.0 Å². The topological polar surface area (TPSA) is 47.8 Å². The fraction of sp³-hybridized carbons (Fsp3) is 0.188. The van der Waals surface area contributed by atoms with Crippen LogP contribution in [0.4, 0.5) is 4.39 Å².